The number of carbonyl (C=O) groups is 1. The number of aromatic nitrogens is 3. The van der Waals surface area contributed by atoms with Gasteiger partial charge in [0.05, 0.1) is 7.11 Å². The van der Waals surface area contributed by atoms with Gasteiger partial charge in [0.15, 0.2) is 0 Å². The van der Waals surface area contributed by atoms with Gasteiger partial charge in [-0.2, -0.15) is 5.10 Å². The van der Waals surface area contributed by atoms with E-state index in [-0.39, 0.29) is 0 Å². The summed E-state index contributed by atoms with van der Waals surface area (Å²) in [5.74, 6) is -0.422. The van der Waals surface area contributed by atoms with E-state index in [0.29, 0.717) is 11.1 Å². The Bertz CT molecular complexity index is 490. The van der Waals surface area contributed by atoms with Crippen molar-refractivity contribution in [3.05, 3.63) is 23.7 Å². The average Bonchev–Trinajstić information content (AvgIpc) is 2.59. The van der Waals surface area contributed by atoms with Gasteiger partial charge in [-0.3, -0.25) is 10.1 Å². The Balaban J connectivity index is 2.71. The second-order valence-electron chi connectivity index (χ2n) is 2.92. The zero-order valence-corrected chi connectivity index (χ0v) is 7.87. The summed E-state index contributed by atoms with van der Waals surface area (Å²) in [7, 11) is 1.33. The standard InChI is InChI=1S/C9H9N3O2/c1-5-6-3-10-4-7(9(13)14-2)8(6)12-11-5/h3-4H,1-2H3,(H,11,12). The normalized spacial score (nSPS) is 10.4. The lowest BCUT2D eigenvalue weighted by Gasteiger charge is -1.98. The first-order chi connectivity index (χ1) is 6.74. The van der Waals surface area contributed by atoms with Crippen LogP contribution in [-0.2, 0) is 4.74 Å². The molecule has 72 valence electrons. The molecule has 0 saturated heterocycles. The maximum Gasteiger partial charge on any atom is 0.341 e. The number of hydrogen-bond donors (Lipinski definition) is 1. The molecule has 14 heavy (non-hydrogen) atoms. The molecule has 0 spiro atoms. The number of nitrogens with one attached hydrogen (secondary N) is 1. The van der Waals surface area contributed by atoms with Crippen LogP contribution < -0.4 is 0 Å². The van der Waals surface area contributed by atoms with Gasteiger partial charge in [0.1, 0.15) is 11.1 Å². The van der Waals surface area contributed by atoms with Crippen molar-refractivity contribution >= 4 is 16.9 Å². The van der Waals surface area contributed by atoms with Crippen LogP contribution in [0.3, 0.4) is 0 Å². The summed E-state index contributed by atoms with van der Waals surface area (Å²) in [6.07, 6.45) is 3.12. The Kier molecular flexibility index (Phi) is 1.92. The van der Waals surface area contributed by atoms with Gasteiger partial charge in [-0.25, -0.2) is 4.79 Å². The molecule has 1 N–H and O–H groups in total. The molecule has 0 aliphatic carbocycles. The van der Waals surface area contributed by atoms with Crippen molar-refractivity contribution in [2.45, 2.75) is 6.92 Å². The monoisotopic (exact) mass is 191 g/mol. The Morgan fingerprint density at radius 3 is 3.00 bits per heavy atom. The molecule has 0 unspecified atom stereocenters. The number of aryl methyl sites for hydroxylation is 1. The fourth-order valence-electron chi connectivity index (χ4n) is 1.31. The summed E-state index contributed by atoms with van der Waals surface area (Å²) in [5, 5.41) is 7.66. The molecule has 0 bridgehead atoms. The molecule has 0 atom stereocenters. The first-order valence-electron chi connectivity index (χ1n) is 4.11. The molecule has 2 rings (SSSR count). The molecule has 2 heterocycles. The number of ether oxygens (including phenoxy) is 1. The van der Waals surface area contributed by atoms with Crippen LogP contribution in [0, 0.1) is 6.92 Å². The third-order valence-electron chi connectivity index (χ3n) is 2.06. The number of aromatic amines is 1. The van der Waals surface area contributed by atoms with E-state index in [1.807, 2.05) is 6.92 Å². The average molecular weight is 191 g/mol. The van der Waals surface area contributed by atoms with Crippen LogP contribution in [0.5, 0.6) is 0 Å². The number of esters is 1. The van der Waals surface area contributed by atoms with Gasteiger partial charge in [-0.15, -0.1) is 0 Å². The maximum absolute atomic E-state index is 11.3. The van der Waals surface area contributed by atoms with Crippen LogP contribution in [0.1, 0.15) is 16.1 Å². The minimum Gasteiger partial charge on any atom is -0.465 e. The fourth-order valence-corrected chi connectivity index (χ4v) is 1.31. The van der Waals surface area contributed by atoms with E-state index in [2.05, 4.69) is 19.9 Å². The fraction of sp³-hybridized carbons (Fsp3) is 0.222. The lowest BCUT2D eigenvalue weighted by Crippen LogP contribution is -2.02. The van der Waals surface area contributed by atoms with Gasteiger partial charge in [-0.05, 0) is 6.92 Å². The number of carbonyl (C=O) groups excluding carboxylic acids is 1. The molecule has 0 aliphatic rings. The van der Waals surface area contributed by atoms with E-state index >= 15 is 0 Å². The van der Waals surface area contributed by atoms with Crippen LogP contribution in [-0.4, -0.2) is 28.3 Å². The van der Waals surface area contributed by atoms with E-state index in [0.717, 1.165) is 11.1 Å². The Morgan fingerprint density at radius 1 is 1.50 bits per heavy atom. The lowest BCUT2D eigenvalue weighted by molar-refractivity contribution is 0.0602. The van der Waals surface area contributed by atoms with Crippen molar-refractivity contribution in [3.63, 3.8) is 0 Å². The third-order valence-corrected chi connectivity index (χ3v) is 2.06. The first-order valence-corrected chi connectivity index (χ1v) is 4.11. The van der Waals surface area contributed by atoms with E-state index in [4.69, 9.17) is 0 Å². The second kappa shape index (κ2) is 3.10. The summed E-state index contributed by atoms with van der Waals surface area (Å²) in [4.78, 5) is 15.3. The maximum atomic E-state index is 11.3. The van der Waals surface area contributed by atoms with Crippen LogP contribution in [0.2, 0.25) is 0 Å². The predicted molar refractivity (Wildman–Crippen MR) is 50.0 cm³/mol. The largest absolute Gasteiger partial charge is 0.465 e. The molecule has 5 heteroatoms. The first kappa shape index (κ1) is 8.68. The SMILES string of the molecule is COC(=O)c1cncc2c(C)[nH]nc12. The van der Waals surface area contributed by atoms with Crippen molar-refractivity contribution in [1.82, 2.24) is 15.2 Å². The van der Waals surface area contributed by atoms with Crippen LogP contribution in [0.25, 0.3) is 10.9 Å². The Morgan fingerprint density at radius 2 is 2.29 bits per heavy atom. The third kappa shape index (κ3) is 1.14. The summed E-state index contributed by atoms with van der Waals surface area (Å²) < 4.78 is 4.62. The van der Waals surface area contributed by atoms with Gasteiger partial charge in [0.2, 0.25) is 0 Å². The summed E-state index contributed by atoms with van der Waals surface area (Å²) in [6, 6.07) is 0. The molecule has 0 amide bonds. The highest BCUT2D eigenvalue weighted by molar-refractivity contribution is 6.02. The predicted octanol–water partition coefficient (Wildman–Crippen LogP) is 1.05. The molecule has 0 aromatic carbocycles. The number of rotatable bonds is 1. The number of H-pyrrole nitrogens is 1. The zero-order chi connectivity index (χ0) is 10.1. The zero-order valence-electron chi connectivity index (χ0n) is 7.87. The molecule has 0 aliphatic heterocycles. The molecule has 0 saturated carbocycles. The van der Waals surface area contributed by atoms with Crippen LogP contribution in [0.4, 0.5) is 0 Å². The van der Waals surface area contributed by atoms with Gasteiger partial charge in [-0.1, -0.05) is 0 Å². The summed E-state index contributed by atoms with van der Waals surface area (Å²) in [6.45, 7) is 1.87. The quantitative estimate of drug-likeness (QED) is 0.684. The molecular weight excluding hydrogens is 182 g/mol. The molecule has 0 radical (unpaired) electrons. The summed E-state index contributed by atoms with van der Waals surface area (Å²) in [5.41, 5.74) is 1.87. The number of nitrogens with zero attached hydrogens (tertiary/aromatic N) is 2. The smallest absolute Gasteiger partial charge is 0.341 e. The van der Waals surface area contributed by atoms with E-state index < -0.39 is 5.97 Å². The van der Waals surface area contributed by atoms with Crippen molar-refractivity contribution in [3.8, 4) is 0 Å². The van der Waals surface area contributed by atoms with Gasteiger partial charge >= 0.3 is 5.97 Å². The second-order valence-corrected chi connectivity index (χ2v) is 2.92. The number of hydrogen-bond acceptors (Lipinski definition) is 4. The van der Waals surface area contributed by atoms with Crippen molar-refractivity contribution in [2.75, 3.05) is 7.11 Å². The molecule has 2 aromatic heterocycles. The van der Waals surface area contributed by atoms with Crippen LogP contribution >= 0.6 is 0 Å². The number of pyridine rings is 1. The van der Waals surface area contributed by atoms with Gasteiger partial charge < -0.3 is 4.74 Å². The number of methoxy groups -OCH3 is 1. The molecule has 0 fully saturated rings. The van der Waals surface area contributed by atoms with Gasteiger partial charge in [0.25, 0.3) is 0 Å². The van der Waals surface area contributed by atoms with Crippen LogP contribution in [0.15, 0.2) is 12.4 Å². The number of fused-ring (bicyclic) bond motifs is 1. The Labute approximate surface area is 80.1 Å². The molecule has 2 aromatic rings. The highest BCUT2D eigenvalue weighted by Gasteiger charge is 2.13. The van der Waals surface area contributed by atoms with Crippen molar-refractivity contribution < 1.29 is 9.53 Å². The minimum atomic E-state index is -0.422. The van der Waals surface area contributed by atoms with Crippen molar-refractivity contribution in [1.29, 1.82) is 0 Å². The topological polar surface area (TPSA) is 67.9 Å². The van der Waals surface area contributed by atoms with E-state index in [9.17, 15) is 4.79 Å². The summed E-state index contributed by atoms with van der Waals surface area (Å²) >= 11 is 0. The minimum absolute atomic E-state index is 0.384. The molecular formula is C9H9N3O2. The van der Waals surface area contributed by atoms with E-state index in [1.165, 1.54) is 13.3 Å². The lowest BCUT2D eigenvalue weighted by atomic mass is 10.2. The highest BCUT2D eigenvalue weighted by atomic mass is 16.5. The van der Waals surface area contributed by atoms with E-state index in [1.54, 1.807) is 6.20 Å². The van der Waals surface area contributed by atoms with Crippen molar-refractivity contribution in [2.24, 2.45) is 0 Å². The Hall–Kier alpha value is -1.91. The highest BCUT2D eigenvalue weighted by Crippen LogP contribution is 2.17. The van der Waals surface area contributed by atoms with Gasteiger partial charge in [0, 0.05) is 23.5 Å². The molecule has 5 nitrogen and oxygen atoms in total.